The molecule has 1 aromatic rings. The molecular formula is C7H12N4O2. The SMILES string of the molecule is CN1CCOCC1n1nc[nH]c1=O. The van der Waals surface area contributed by atoms with Gasteiger partial charge >= 0.3 is 5.69 Å². The Kier molecular flexibility index (Phi) is 2.15. The first-order valence-electron chi connectivity index (χ1n) is 4.19. The molecule has 1 atom stereocenters. The lowest BCUT2D eigenvalue weighted by atomic mass is 10.4. The summed E-state index contributed by atoms with van der Waals surface area (Å²) in [7, 11) is 1.95. The van der Waals surface area contributed by atoms with E-state index >= 15 is 0 Å². The lowest BCUT2D eigenvalue weighted by molar-refractivity contribution is -0.0309. The molecule has 13 heavy (non-hydrogen) atoms. The van der Waals surface area contributed by atoms with Gasteiger partial charge in [0, 0.05) is 6.54 Å². The summed E-state index contributed by atoms with van der Waals surface area (Å²) < 4.78 is 6.68. The molecule has 1 unspecified atom stereocenters. The fourth-order valence-electron chi connectivity index (χ4n) is 1.41. The molecule has 0 aromatic carbocycles. The van der Waals surface area contributed by atoms with E-state index in [1.807, 2.05) is 11.9 Å². The maximum absolute atomic E-state index is 11.2. The first-order chi connectivity index (χ1) is 6.29. The monoisotopic (exact) mass is 184 g/mol. The van der Waals surface area contributed by atoms with Crippen molar-refractivity contribution in [3.63, 3.8) is 0 Å². The Labute approximate surface area is 75.1 Å². The molecular weight excluding hydrogens is 172 g/mol. The second kappa shape index (κ2) is 3.31. The molecule has 72 valence electrons. The van der Waals surface area contributed by atoms with E-state index in [9.17, 15) is 4.79 Å². The highest BCUT2D eigenvalue weighted by Gasteiger charge is 2.22. The summed E-state index contributed by atoms with van der Waals surface area (Å²) in [5, 5.41) is 3.92. The van der Waals surface area contributed by atoms with Crippen LogP contribution in [-0.4, -0.2) is 46.5 Å². The van der Waals surface area contributed by atoms with E-state index in [4.69, 9.17) is 4.74 Å². The van der Waals surface area contributed by atoms with Crippen molar-refractivity contribution in [2.24, 2.45) is 0 Å². The third-order valence-electron chi connectivity index (χ3n) is 2.22. The fraction of sp³-hybridized carbons (Fsp3) is 0.714. The molecule has 0 spiro atoms. The smallest absolute Gasteiger partial charge is 0.344 e. The third-order valence-corrected chi connectivity index (χ3v) is 2.22. The van der Waals surface area contributed by atoms with Gasteiger partial charge in [0.1, 0.15) is 12.5 Å². The number of likely N-dealkylation sites (N-methyl/N-ethyl adjacent to an activating group) is 1. The molecule has 0 saturated carbocycles. The Morgan fingerprint density at radius 2 is 2.62 bits per heavy atom. The normalized spacial score (nSPS) is 24.8. The standard InChI is InChI=1S/C7H12N4O2/c1-10-2-3-13-4-6(10)11-7(12)8-5-9-11/h5-6H,2-4H2,1H3,(H,8,9,12). The maximum atomic E-state index is 11.2. The van der Waals surface area contributed by atoms with Crippen molar-refractivity contribution >= 4 is 0 Å². The number of hydrogen-bond acceptors (Lipinski definition) is 4. The maximum Gasteiger partial charge on any atom is 0.344 e. The van der Waals surface area contributed by atoms with Crippen molar-refractivity contribution in [3.8, 4) is 0 Å². The minimum Gasteiger partial charge on any atom is -0.376 e. The summed E-state index contributed by atoms with van der Waals surface area (Å²) in [5.74, 6) is 0. The summed E-state index contributed by atoms with van der Waals surface area (Å²) in [6, 6.07) is 0. The van der Waals surface area contributed by atoms with Crippen molar-refractivity contribution in [1.82, 2.24) is 19.7 Å². The zero-order chi connectivity index (χ0) is 9.26. The molecule has 2 rings (SSSR count). The van der Waals surface area contributed by atoms with Crippen LogP contribution in [0.1, 0.15) is 6.17 Å². The third kappa shape index (κ3) is 1.50. The van der Waals surface area contributed by atoms with Gasteiger partial charge in [-0.25, -0.2) is 4.79 Å². The summed E-state index contributed by atoms with van der Waals surface area (Å²) >= 11 is 0. The van der Waals surface area contributed by atoms with E-state index in [1.165, 1.54) is 11.0 Å². The van der Waals surface area contributed by atoms with Crippen LogP contribution in [0.25, 0.3) is 0 Å². The topological polar surface area (TPSA) is 63.1 Å². The molecule has 0 aliphatic carbocycles. The average molecular weight is 184 g/mol. The molecule has 0 bridgehead atoms. The Balaban J connectivity index is 2.24. The van der Waals surface area contributed by atoms with Crippen molar-refractivity contribution in [1.29, 1.82) is 0 Å². The highest BCUT2D eigenvalue weighted by Crippen LogP contribution is 2.11. The molecule has 1 N–H and O–H groups in total. The van der Waals surface area contributed by atoms with Crippen LogP contribution in [0.5, 0.6) is 0 Å². The van der Waals surface area contributed by atoms with E-state index in [2.05, 4.69) is 10.1 Å². The molecule has 1 fully saturated rings. The van der Waals surface area contributed by atoms with E-state index in [-0.39, 0.29) is 11.9 Å². The predicted molar refractivity (Wildman–Crippen MR) is 45.3 cm³/mol. The minimum atomic E-state index is -0.192. The van der Waals surface area contributed by atoms with Gasteiger partial charge < -0.3 is 4.74 Å². The average Bonchev–Trinajstić information content (AvgIpc) is 2.52. The molecule has 1 aromatic heterocycles. The lowest BCUT2D eigenvalue weighted by Gasteiger charge is -2.31. The van der Waals surface area contributed by atoms with Crippen LogP contribution in [0.2, 0.25) is 0 Å². The fourth-order valence-corrected chi connectivity index (χ4v) is 1.41. The van der Waals surface area contributed by atoms with Crippen LogP contribution in [0, 0.1) is 0 Å². The highest BCUT2D eigenvalue weighted by molar-refractivity contribution is 4.72. The quantitative estimate of drug-likeness (QED) is 0.610. The van der Waals surface area contributed by atoms with Gasteiger partial charge in [-0.3, -0.25) is 9.88 Å². The molecule has 2 heterocycles. The second-order valence-corrected chi connectivity index (χ2v) is 3.07. The van der Waals surface area contributed by atoms with Gasteiger partial charge in [0.15, 0.2) is 0 Å². The minimum absolute atomic E-state index is 0.0764. The number of rotatable bonds is 1. The van der Waals surface area contributed by atoms with Crippen LogP contribution in [0.3, 0.4) is 0 Å². The number of nitrogens with zero attached hydrogens (tertiary/aromatic N) is 3. The molecule has 0 amide bonds. The Morgan fingerprint density at radius 1 is 1.77 bits per heavy atom. The van der Waals surface area contributed by atoms with E-state index in [1.54, 1.807) is 0 Å². The number of hydrogen-bond donors (Lipinski definition) is 1. The molecule has 6 heteroatoms. The van der Waals surface area contributed by atoms with Crippen molar-refractivity contribution in [2.45, 2.75) is 6.17 Å². The largest absolute Gasteiger partial charge is 0.376 e. The summed E-state index contributed by atoms with van der Waals surface area (Å²) in [4.78, 5) is 15.8. The molecule has 1 aliphatic heterocycles. The van der Waals surface area contributed by atoms with E-state index < -0.39 is 0 Å². The van der Waals surface area contributed by atoms with Crippen molar-refractivity contribution < 1.29 is 4.74 Å². The number of H-pyrrole nitrogens is 1. The van der Waals surface area contributed by atoms with Crippen LogP contribution in [0.15, 0.2) is 11.1 Å². The first kappa shape index (κ1) is 8.46. The van der Waals surface area contributed by atoms with E-state index in [0.29, 0.717) is 13.2 Å². The number of aromatic nitrogens is 3. The predicted octanol–water partition coefficient (Wildman–Crippen LogP) is -0.968. The van der Waals surface area contributed by atoms with Crippen LogP contribution in [0.4, 0.5) is 0 Å². The van der Waals surface area contributed by atoms with Gasteiger partial charge in [0.05, 0.1) is 13.2 Å². The Bertz CT molecular complexity index is 331. The molecule has 1 aliphatic rings. The summed E-state index contributed by atoms with van der Waals surface area (Å²) in [6.45, 7) is 2.05. The zero-order valence-corrected chi connectivity index (χ0v) is 7.43. The van der Waals surface area contributed by atoms with Crippen LogP contribution >= 0.6 is 0 Å². The van der Waals surface area contributed by atoms with Crippen molar-refractivity contribution in [3.05, 3.63) is 16.8 Å². The van der Waals surface area contributed by atoms with Gasteiger partial charge in [-0.2, -0.15) is 9.78 Å². The highest BCUT2D eigenvalue weighted by atomic mass is 16.5. The molecule has 6 nitrogen and oxygen atoms in total. The number of aromatic amines is 1. The Hall–Kier alpha value is -1.14. The number of nitrogens with one attached hydrogen (secondary N) is 1. The van der Waals surface area contributed by atoms with Gasteiger partial charge in [0.25, 0.3) is 0 Å². The number of ether oxygens (including phenoxy) is 1. The van der Waals surface area contributed by atoms with Gasteiger partial charge in [-0.1, -0.05) is 0 Å². The van der Waals surface area contributed by atoms with Gasteiger partial charge in [-0.15, -0.1) is 0 Å². The second-order valence-electron chi connectivity index (χ2n) is 3.07. The van der Waals surface area contributed by atoms with E-state index in [0.717, 1.165) is 6.54 Å². The van der Waals surface area contributed by atoms with Crippen LogP contribution in [-0.2, 0) is 4.74 Å². The summed E-state index contributed by atoms with van der Waals surface area (Å²) in [6.07, 6.45) is 1.32. The molecule has 1 saturated heterocycles. The van der Waals surface area contributed by atoms with Crippen molar-refractivity contribution in [2.75, 3.05) is 26.8 Å². The first-order valence-corrected chi connectivity index (χ1v) is 4.19. The number of morpholine rings is 1. The zero-order valence-electron chi connectivity index (χ0n) is 7.43. The lowest BCUT2D eigenvalue weighted by Crippen LogP contribution is -2.43. The van der Waals surface area contributed by atoms with Gasteiger partial charge in [-0.05, 0) is 7.05 Å². The van der Waals surface area contributed by atoms with Gasteiger partial charge in [0.2, 0.25) is 0 Å². The summed E-state index contributed by atoms with van der Waals surface area (Å²) in [5.41, 5.74) is -0.192. The molecule has 0 radical (unpaired) electrons. The Morgan fingerprint density at radius 3 is 3.23 bits per heavy atom. The van der Waals surface area contributed by atoms with Crippen LogP contribution < -0.4 is 5.69 Å².